The van der Waals surface area contributed by atoms with Crippen LogP contribution in [0, 0.1) is 5.41 Å². The predicted molar refractivity (Wildman–Crippen MR) is 102 cm³/mol. The van der Waals surface area contributed by atoms with Gasteiger partial charge in [0.2, 0.25) is 0 Å². The Balaban J connectivity index is 0.00000242. The summed E-state index contributed by atoms with van der Waals surface area (Å²) in [6.45, 7) is 6.56. The minimum absolute atomic E-state index is 0. The van der Waals surface area contributed by atoms with E-state index in [1.54, 1.807) is 7.11 Å². The van der Waals surface area contributed by atoms with Crippen molar-refractivity contribution in [1.29, 1.82) is 0 Å². The van der Waals surface area contributed by atoms with E-state index in [1.807, 2.05) is 12.1 Å². The van der Waals surface area contributed by atoms with Crippen LogP contribution in [0.15, 0.2) is 29.5 Å². The summed E-state index contributed by atoms with van der Waals surface area (Å²) in [6, 6.07) is 4.10. The molecule has 0 atom stereocenters. The molecule has 126 valence electrons. The first-order valence-electron chi connectivity index (χ1n) is 7.90. The van der Waals surface area contributed by atoms with Crippen molar-refractivity contribution in [2.24, 2.45) is 10.4 Å². The molecule has 1 fully saturated rings. The second-order valence-electron chi connectivity index (χ2n) is 5.79. The van der Waals surface area contributed by atoms with Gasteiger partial charge in [0.1, 0.15) is 0 Å². The number of halogens is 1. The zero-order valence-corrected chi connectivity index (χ0v) is 16.0. The van der Waals surface area contributed by atoms with E-state index in [1.165, 1.54) is 12.8 Å². The minimum atomic E-state index is 0. The van der Waals surface area contributed by atoms with Gasteiger partial charge < -0.3 is 19.9 Å². The number of aliphatic imine (C=N–C) groups is 1. The van der Waals surface area contributed by atoms with E-state index in [-0.39, 0.29) is 24.0 Å². The molecule has 1 aromatic heterocycles. The summed E-state index contributed by atoms with van der Waals surface area (Å²) in [5.74, 6) is 0.924. The van der Waals surface area contributed by atoms with Gasteiger partial charge in [-0.25, -0.2) is 0 Å². The Morgan fingerprint density at radius 3 is 2.59 bits per heavy atom. The third kappa shape index (κ3) is 6.56. The second-order valence-corrected chi connectivity index (χ2v) is 5.79. The van der Waals surface area contributed by atoms with Gasteiger partial charge in [-0.15, -0.1) is 24.0 Å². The van der Waals surface area contributed by atoms with Crippen LogP contribution >= 0.6 is 24.0 Å². The van der Waals surface area contributed by atoms with E-state index in [2.05, 4.69) is 34.5 Å². The molecule has 5 nitrogen and oxygen atoms in total. The van der Waals surface area contributed by atoms with Gasteiger partial charge >= 0.3 is 0 Å². The molecule has 0 amide bonds. The average Bonchev–Trinajstić information content (AvgIpc) is 3.07. The molecular weight excluding hydrogens is 391 g/mol. The van der Waals surface area contributed by atoms with E-state index in [0.29, 0.717) is 5.41 Å². The van der Waals surface area contributed by atoms with Crippen LogP contribution in [0.3, 0.4) is 0 Å². The van der Waals surface area contributed by atoms with Gasteiger partial charge in [0, 0.05) is 52.3 Å². The first-order valence-corrected chi connectivity index (χ1v) is 7.90. The van der Waals surface area contributed by atoms with Crippen molar-refractivity contribution in [3.63, 3.8) is 0 Å². The Morgan fingerprint density at radius 2 is 2.00 bits per heavy atom. The number of nitrogens with one attached hydrogen (secondary N) is 2. The lowest BCUT2D eigenvalue weighted by molar-refractivity contribution is 0.174. The summed E-state index contributed by atoms with van der Waals surface area (Å²) in [5.41, 5.74) is 0.402. The highest BCUT2D eigenvalue weighted by molar-refractivity contribution is 14.0. The fourth-order valence-corrected chi connectivity index (χ4v) is 2.39. The summed E-state index contributed by atoms with van der Waals surface area (Å²) in [4.78, 5) is 4.75. The maximum absolute atomic E-state index is 5.20. The minimum Gasteiger partial charge on any atom is -0.385 e. The number of hydrogen-bond donors (Lipinski definition) is 2. The summed E-state index contributed by atoms with van der Waals surface area (Å²) in [7, 11) is 1.77. The molecule has 1 aliphatic rings. The van der Waals surface area contributed by atoms with E-state index in [9.17, 15) is 0 Å². The number of nitrogens with zero attached hydrogens (tertiary/aromatic N) is 2. The summed E-state index contributed by atoms with van der Waals surface area (Å²) in [6.07, 6.45) is 7.84. The topological polar surface area (TPSA) is 50.6 Å². The largest absolute Gasteiger partial charge is 0.385 e. The molecule has 22 heavy (non-hydrogen) atoms. The van der Waals surface area contributed by atoms with E-state index in [0.717, 1.165) is 45.2 Å². The second kappa shape index (κ2) is 10.1. The van der Waals surface area contributed by atoms with Crippen LogP contribution in [0.4, 0.5) is 0 Å². The van der Waals surface area contributed by atoms with Crippen LogP contribution in [0.25, 0.3) is 0 Å². The van der Waals surface area contributed by atoms with Crippen LogP contribution in [0.2, 0.25) is 0 Å². The molecule has 0 bridgehead atoms. The highest BCUT2D eigenvalue weighted by Crippen LogP contribution is 2.48. The van der Waals surface area contributed by atoms with Gasteiger partial charge in [-0.05, 0) is 43.7 Å². The quantitative estimate of drug-likeness (QED) is 0.367. The zero-order valence-electron chi connectivity index (χ0n) is 13.7. The summed E-state index contributed by atoms with van der Waals surface area (Å²) < 4.78 is 7.36. The molecule has 0 spiro atoms. The number of methoxy groups -OCH3 is 1. The third-order valence-corrected chi connectivity index (χ3v) is 4.04. The number of ether oxygens (including phenoxy) is 1. The molecule has 1 aliphatic carbocycles. The third-order valence-electron chi connectivity index (χ3n) is 4.04. The van der Waals surface area contributed by atoms with Crippen molar-refractivity contribution >= 4 is 29.9 Å². The molecular formula is C16H29IN4O. The Labute approximate surface area is 150 Å². The Hall–Kier alpha value is -0.760. The number of hydrogen-bond acceptors (Lipinski definition) is 2. The van der Waals surface area contributed by atoms with Crippen molar-refractivity contribution in [2.45, 2.75) is 32.7 Å². The Kier molecular flexibility index (Phi) is 8.85. The van der Waals surface area contributed by atoms with Crippen LogP contribution in [-0.4, -0.2) is 43.9 Å². The number of guanidine groups is 1. The molecule has 0 radical (unpaired) electrons. The van der Waals surface area contributed by atoms with E-state index >= 15 is 0 Å². The van der Waals surface area contributed by atoms with E-state index in [4.69, 9.17) is 9.73 Å². The Morgan fingerprint density at radius 1 is 1.27 bits per heavy atom. The van der Waals surface area contributed by atoms with Gasteiger partial charge in [0.25, 0.3) is 0 Å². The van der Waals surface area contributed by atoms with Crippen molar-refractivity contribution in [1.82, 2.24) is 15.2 Å². The normalized spacial score (nSPS) is 16.0. The summed E-state index contributed by atoms with van der Waals surface area (Å²) in [5, 5.41) is 6.72. The predicted octanol–water partition coefficient (Wildman–Crippen LogP) is 2.48. The molecule has 0 aromatic carbocycles. The molecule has 0 aliphatic heterocycles. The monoisotopic (exact) mass is 420 g/mol. The van der Waals surface area contributed by atoms with Crippen LogP contribution in [-0.2, 0) is 11.3 Å². The molecule has 0 saturated heterocycles. The maximum atomic E-state index is 5.20. The van der Waals surface area contributed by atoms with Gasteiger partial charge in [-0.2, -0.15) is 0 Å². The average molecular weight is 420 g/mol. The first kappa shape index (κ1) is 19.3. The summed E-state index contributed by atoms with van der Waals surface area (Å²) >= 11 is 0. The first-order chi connectivity index (χ1) is 10.3. The van der Waals surface area contributed by atoms with Crippen LogP contribution < -0.4 is 10.6 Å². The molecule has 0 unspecified atom stereocenters. The van der Waals surface area contributed by atoms with Gasteiger partial charge in [0.05, 0.1) is 0 Å². The Bertz CT molecular complexity index is 429. The molecule has 1 saturated carbocycles. The van der Waals surface area contributed by atoms with Crippen molar-refractivity contribution < 1.29 is 4.74 Å². The molecule has 1 aromatic rings. The van der Waals surface area contributed by atoms with Gasteiger partial charge in [-0.3, -0.25) is 4.99 Å². The lowest BCUT2D eigenvalue weighted by Gasteiger charge is -2.15. The van der Waals surface area contributed by atoms with Gasteiger partial charge in [0.15, 0.2) is 5.96 Å². The van der Waals surface area contributed by atoms with Crippen molar-refractivity contribution in [3.05, 3.63) is 24.5 Å². The van der Waals surface area contributed by atoms with Crippen molar-refractivity contribution in [3.8, 4) is 0 Å². The molecule has 1 heterocycles. The van der Waals surface area contributed by atoms with Gasteiger partial charge in [-0.1, -0.05) is 0 Å². The fourth-order valence-electron chi connectivity index (χ4n) is 2.39. The zero-order chi connectivity index (χ0) is 15.0. The molecule has 6 heteroatoms. The number of rotatable bonds is 9. The smallest absolute Gasteiger partial charge is 0.191 e. The molecule has 2 rings (SSSR count). The lowest BCUT2D eigenvalue weighted by atomic mass is 10.0. The molecule has 2 N–H and O–H groups in total. The lowest BCUT2D eigenvalue weighted by Crippen LogP contribution is -2.39. The maximum Gasteiger partial charge on any atom is 0.191 e. The highest BCUT2D eigenvalue weighted by Gasteiger charge is 2.41. The van der Waals surface area contributed by atoms with E-state index < -0.39 is 0 Å². The number of aromatic nitrogens is 1. The fraction of sp³-hybridized carbons (Fsp3) is 0.688. The SMILES string of the molecule is CCNC(=NCC1(CCOC)CC1)NCCn1cccc1.I. The van der Waals surface area contributed by atoms with Crippen molar-refractivity contribution in [2.75, 3.05) is 33.4 Å². The highest BCUT2D eigenvalue weighted by atomic mass is 127. The van der Waals surface area contributed by atoms with Crippen LogP contribution in [0.1, 0.15) is 26.2 Å². The van der Waals surface area contributed by atoms with Crippen LogP contribution in [0.5, 0.6) is 0 Å². The standard InChI is InChI=1S/C16H28N4O.HI/c1-3-17-15(18-9-12-20-10-4-5-11-20)19-14-16(6-7-16)8-13-21-2;/h4-5,10-11H,3,6-9,12-14H2,1-2H3,(H2,17,18,19);1H.